The van der Waals surface area contributed by atoms with Crippen molar-refractivity contribution in [2.45, 2.75) is 0 Å². The summed E-state index contributed by atoms with van der Waals surface area (Å²) < 4.78 is 1.41. The molecule has 0 spiro atoms. The van der Waals surface area contributed by atoms with Crippen LogP contribution >= 0.6 is 0 Å². The lowest BCUT2D eigenvalue weighted by molar-refractivity contribution is 0.0698. The minimum Gasteiger partial charge on any atom is -0.478 e. The predicted octanol–water partition coefficient (Wildman–Crippen LogP) is 1.97. The van der Waals surface area contributed by atoms with Crippen molar-refractivity contribution in [3.05, 3.63) is 54.0 Å². The van der Waals surface area contributed by atoms with Crippen molar-refractivity contribution in [1.82, 2.24) is 14.6 Å². The van der Waals surface area contributed by atoms with E-state index in [9.17, 15) is 9.90 Å². The molecule has 0 saturated heterocycles. The average Bonchev–Trinajstić information content (AvgIpc) is 2.94. The first-order chi connectivity index (χ1) is 9.69. The summed E-state index contributed by atoms with van der Waals surface area (Å²) in [6.45, 7) is 0. The first-order valence-electron chi connectivity index (χ1n) is 5.76. The number of pyridine rings is 1. The summed E-state index contributed by atoms with van der Waals surface area (Å²) in [5.74, 6) is -1.07. The Morgan fingerprint density at radius 3 is 2.90 bits per heavy atom. The number of benzene rings is 1. The molecular weight excluding hydrogens is 256 g/mol. The third-order valence-electron chi connectivity index (χ3n) is 2.93. The molecule has 0 aliphatic rings. The molecule has 0 fully saturated rings. The topological polar surface area (TPSA) is 91.3 Å². The van der Waals surface area contributed by atoms with Gasteiger partial charge in [-0.2, -0.15) is 10.4 Å². The summed E-state index contributed by atoms with van der Waals surface area (Å²) in [4.78, 5) is 15.2. The predicted molar refractivity (Wildman–Crippen MR) is 70.1 cm³/mol. The van der Waals surface area contributed by atoms with Crippen molar-refractivity contribution in [1.29, 1.82) is 5.26 Å². The molecular formula is C14H8N4O2. The highest BCUT2D eigenvalue weighted by Crippen LogP contribution is 2.23. The van der Waals surface area contributed by atoms with Crippen molar-refractivity contribution in [2.75, 3.05) is 0 Å². The Morgan fingerprint density at radius 1 is 1.30 bits per heavy atom. The van der Waals surface area contributed by atoms with Crippen LogP contribution in [0.3, 0.4) is 0 Å². The van der Waals surface area contributed by atoms with Gasteiger partial charge in [-0.25, -0.2) is 14.3 Å². The van der Waals surface area contributed by atoms with Gasteiger partial charge in [-0.05, 0) is 23.8 Å². The van der Waals surface area contributed by atoms with E-state index in [-0.39, 0.29) is 11.2 Å². The van der Waals surface area contributed by atoms with Gasteiger partial charge < -0.3 is 5.11 Å². The largest absolute Gasteiger partial charge is 0.478 e. The van der Waals surface area contributed by atoms with Crippen LogP contribution in [0.25, 0.3) is 16.8 Å². The maximum absolute atomic E-state index is 11.3. The van der Waals surface area contributed by atoms with Gasteiger partial charge in [-0.1, -0.05) is 12.1 Å². The zero-order valence-corrected chi connectivity index (χ0v) is 10.2. The van der Waals surface area contributed by atoms with Gasteiger partial charge in [0.2, 0.25) is 0 Å². The molecule has 0 bridgehead atoms. The molecule has 6 nitrogen and oxygen atoms in total. The van der Waals surface area contributed by atoms with Crippen molar-refractivity contribution in [3.63, 3.8) is 0 Å². The number of hydrogen-bond donors (Lipinski definition) is 1. The van der Waals surface area contributed by atoms with E-state index in [0.717, 1.165) is 5.56 Å². The van der Waals surface area contributed by atoms with E-state index in [2.05, 4.69) is 16.2 Å². The van der Waals surface area contributed by atoms with Gasteiger partial charge in [-0.15, -0.1) is 0 Å². The van der Waals surface area contributed by atoms with E-state index in [1.54, 1.807) is 24.4 Å². The number of hydrogen-bond acceptors (Lipinski definition) is 4. The highest BCUT2D eigenvalue weighted by atomic mass is 16.4. The molecule has 2 heterocycles. The zero-order valence-electron chi connectivity index (χ0n) is 10.2. The highest BCUT2D eigenvalue weighted by Gasteiger charge is 2.13. The van der Waals surface area contributed by atoms with E-state index < -0.39 is 5.97 Å². The second kappa shape index (κ2) is 4.48. The Morgan fingerprint density at radius 2 is 2.15 bits per heavy atom. The SMILES string of the molecule is N#Cc1cccc(-c2cc(C(=O)O)c3ncnn3c2)c1. The van der Waals surface area contributed by atoms with Crippen molar-refractivity contribution < 1.29 is 9.90 Å². The number of nitriles is 1. The van der Waals surface area contributed by atoms with Crippen LogP contribution < -0.4 is 0 Å². The lowest BCUT2D eigenvalue weighted by Crippen LogP contribution is -2.02. The minimum atomic E-state index is -1.07. The van der Waals surface area contributed by atoms with Gasteiger partial charge >= 0.3 is 5.97 Å². The van der Waals surface area contributed by atoms with Gasteiger partial charge in [0.05, 0.1) is 11.6 Å². The molecule has 2 aromatic heterocycles. The molecule has 1 N–H and O–H groups in total. The number of rotatable bonds is 2. The van der Waals surface area contributed by atoms with Crippen LogP contribution in [-0.2, 0) is 0 Å². The monoisotopic (exact) mass is 264 g/mol. The molecule has 0 saturated carbocycles. The number of carboxylic acid groups (broad SMARTS) is 1. The van der Waals surface area contributed by atoms with Gasteiger partial charge in [0.25, 0.3) is 0 Å². The zero-order chi connectivity index (χ0) is 14.1. The second-order valence-electron chi connectivity index (χ2n) is 4.17. The van der Waals surface area contributed by atoms with E-state index in [1.165, 1.54) is 16.9 Å². The summed E-state index contributed by atoms with van der Waals surface area (Å²) in [6, 6.07) is 10.5. The van der Waals surface area contributed by atoms with E-state index in [1.807, 2.05) is 6.07 Å². The van der Waals surface area contributed by atoms with E-state index in [4.69, 9.17) is 5.26 Å². The summed E-state index contributed by atoms with van der Waals surface area (Å²) in [7, 11) is 0. The van der Waals surface area contributed by atoms with Gasteiger partial charge in [0.15, 0.2) is 5.65 Å². The molecule has 3 rings (SSSR count). The molecule has 0 aliphatic heterocycles. The van der Waals surface area contributed by atoms with Crippen LogP contribution in [0.1, 0.15) is 15.9 Å². The molecule has 0 unspecified atom stereocenters. The number of fused-ring (bicyclic) bond motifs is 1. The van der Waals surface area contributed by atoms with Crippen molar-refractivity contribution in [2.24, 2.45) is 0 Å². The third kappa shape index (κ3) is 1.87. The normalized spacial score (nSPS) is 10.3. The molecule has 1 aromatic carbocycles. The lowest BCUT2D eigenvalue weighted by Gasteiger charge is -2.05. The van der Waals surface area contributed by atoms with E-state index >= 15 is 0 Å². The molecule has 0 radical (unpaired) electrons. The second-order valence-corrected chi connectivity index (χ2v) is 4.17. The van der Waals surface area contributed by atoms with Crippen LogP contribution in [0.5, 0.6) is 0 Å². The highest BCUT2D eigenvalue weighted by molar-refractivity contribution is 5.95. The van der Waals surface area contributed by atoms with Crippen LogP contribution in [0, 0.1) is 11.3 Å². The van der Waals surface area contributed by atoms with Gasteiger partial charge in [-0.3, -0.25) is 0 Å². The van der Waals surface area contributed by atoms with Crippen LogP contribution in [0.15, 0.2) is 42.9 Å². The molecule has 3 aromatic rings. The molecule has 20 heavy (non-hydrogen) atoms. The Kier molecular flexibility index (Phi) is 2.66. The lowest BCUT2D eigenvalue weighted by atomic mass is 10.0. The molecule has 0 aliphatic carbocycles. The van der Waals surface area contributed by atoms with Crippen LogP contribution in [0.2, 0.25) is 0 Å². The smallest absolute Gasteiger partial charge is 0.339 e. The number of aromatic nitrogens is 3. The molecule has 0 atom stereocenters. The van der Waals surface area contributed by atoms with Gasteiger partial charge in [0, 0.05) is 11.8 Å². The summed E-state index contributed by atoms with van der Waals surface area (Å²) in [6.07, 6.45) is 2.99. The van der Waals surface area contributed by atoms with Crippen LogP contribution in [0.4, 0.5) is 0 Å². The fourth-order valence-corrected chi connectivity index (χ4v) is 2.01. The third-order valence-corrected chi connectivity index (χ3v) is 2.93. The Balaban J connectivity index is 2.26. The van der Waals surface area contributed by atoms with Crippen LogP contribution in [-0.4, -0.2) is 25.7 Å². The average molecular weight is 264 g/mol. The standard InChI is InChI=1S/C14H8N4O2/c15-6-9-2-1-3-10(4-9)11-5-12(14(19)20)13-16-8-17-18(13)7-11/h1-5,7-8H,(H,19,20). The number of aromatic carboxylic acids is 1. The number of carbonyl (C=O) groups is 1. The van der Waals surface area contributed by atoms with Crippen molar-refractivity contribution in [3.8, 4) is 17.2 Å². The first kappa shape index (κ1) is 11.9. The molecule has 6 heteroatoms. The first-order valence-corrected chi connectivity index (χ1v) is 5.76. The van der Waals surface area contributed by atoms with E-state index in [0.29, 0.717) is 11.1 Å². The maximum Gasteiger partial charge on any atom is 0.339 e. The Labute approximate surface area is 113 Å². The molecule has 96 valence electrons. The number of carboxylic acids is 1. The van der Waals surface area contributed by atoms with Crippen molar-refractivity contribution >= 4 is 11.6 Å². The fourth-order valence-electron chi connectivity index (χ4n) is 2.01. The molecule has 0 amide bonds. The Bertz CT molecular complexity index is 861. The quantitative estimate of drug-likeness (QED) is 0.764. The summed E-state index contributed by atoms with van der Waals surface area (Å²) in [5.41, 5.74) is 2.29. The Hall–Kier alpha value is -3.20. The number of nitrogens with zero attached hydrogens (tertiary/aromatic N) is 4. The maximum atomic E-state index is 11.3. The minimum absolute atomic E-state index is 0.0716. The van der Waals surface area contributed by atoms with Gasteiger partial charge in [0.1, 0.15) is 11.9 Å². The fraction of sp³-hybridized carbons (Fsp3) is 0. The summed E-state index contributed by atoms with van der Waals surface area (Å²) in [5, 5.41) is 22.1. The summed E-state index contributed by atoms with van der Waals surface area (Å²) >= 11 is 0.